The van der Waals surface area contributed by atoms with Crippen LogP contribution in [0.2, 0.25) is 15.1 Å². The summed E-state index contributed by atoms with van der Waals surface area (Å²) in [5.41, 5.74) is 17.9. The van der Waals surface area contributed by atoms with E-state index in [0.717, 1.165) is 93.7 Å². The van der Waals surface area contributed by atoms with E-state index in [-0.39, 0.29) is 17.7 Å². The quantitative estimate of drug-likeness (QED) is 0.236. The molecule has 48 heavy (non-hydrogen) atoms. The highest BCUT2D eigenvalue weighted by molar-refractivity contribution is 6.32. The van der Waals surface area contributed by atoms with Gasteiger partial charge in [0.2, 0.25) is 17.7 Å². The molecule has 6 N–H and O–H groups in total. The van der Waals surface area contributed by atoms with Crippen molar-refractivity contribution in [2.45, 2.75) is 113 Å². The predicted octanol–water partition coefficient (Wildman–Crippen LogP) is 9.08. The van der Waals surface area contributed by atoms with Crippen molar-refractivity contribution in [3.05, 3.63) is 105 Å². The van der Waals surface area contributed by atoms with E-state index in [1.54, 1.807) is 0 Å². The molecule has 0 unspecified atom stereocenters. The second kappa shape index (κ2) is 17.0. The van der Waals surface area contributed by atoms with Crippen LogP contribution >= 0.6 is 34.8 Å². The van der Waals surface area contributed by atoms with Gasteiger partial charge in [-0.3, -0.25) is 14.4 Å². The third kappa shape index (κ3) is 8.21. The summed E-state index contributed by atoms with van der Waals surface area (Å²) in [6.07, 6.45) is 14.8. The summed E-state index contributed by atoms with van der Waals surface area (Å²) >= 11 is 18.6. The first kappa shape index (κ1) is 37.8. The molecule has 0 aliphatic heterocycles. The number of nitrogens with two attached hydrogens (primary N) is 3. The maximum atomic E-state index is 11.8. The van der Waals surface area contributed by atoms with Gasteiger partial charge in [-0.25, -0.2) is 0 Å². The second-order valence-electron chi connectivity index (χ2n) is 13.5. The smallest absolute Gasteiger partial charge is 0.228 e. The lowest BCUT2D eigenvalue weighted by molar-refractivity contribution is -0.125. The van der Waals surface area contributed by atoms with E-state index in [1.165, 1.54) is 19.3 Å². The molecule has 258 valence electrons. The Morgan fingerprint density at radius 1 is 0.396 bits per heavy atom. The van der Waals surface area contributed by atoms with Gasteiger partial charge in [0.05, 0.1) is 16.2 Å². The number of carbonyl (C=O) groups is 3. The Morgan fingerprint density at radius 2 is 0.604 bits per heavy atom. The van der Waals surface area contributed by atoms with E-state index in [1.807, 2.05) is 72.8 Å². The molecule has 0 radical (unpaired) electrons. The molecule has 3 saturated carbocycles. The molecule has 0 spiro atoms. The van der Waals surface area contributed by atoms with E-state index in [2.05, 4.69) is 0 Å². The molecule has 0 aromatic heterocycles. The third-order valence-corrected chi connectivity index (χ3v) is 11.7. The van der Waals surface area contributed by atoms with Crippen molar-refractivity contribution < 1.29 is 14.4 Å². The normalized spacial score (nSPS) is 19.3. The van der Waals surface area contributed by atoms with Crippen LogP contribution in [0.15, 0.2) is 72.8 Å². The lowest BCUT2D eigenvalue weighted by atomic mass is 9.69. The highest BCUT2D eigenvalue weighted by Gasteiger charge is 2.42. The van der Waals surface area contributed by atoms with Crippen molar-refractivity contribution in [2.75, 3.05) is 0 Å². The summed E-state index contributed by atoms with van der Waals surface area (Å²) in [6.45, 7) is 0. The van der Waals surface area contributed by atoms with Crippen LogP contribution in [0.25, 0.3) is 0 Å². The highest BCUT2D eigenvalue weighted by Crippen LogP contribution is 2.44. The number of carbonyl (C=O) groups excluding carboxylic acids is 3. The molecule has 3 amide bonds. The van der Waals surface area contributed by atoms with E-state index in [9.17, 15) is 14.4 Å². The van der Waals surface area contributed by atoms with Crippen molar-refractivity contribution in [1.29, 1.82) is 0 Å². The Hall–Kier alpha value is -3.06. The molecule has 6 nitrogen and oxygen atoms in total. The monoisotopic (exact) mass is 711 g/mol. The van der Waals surface area contributed by atoms with Gasteiger partial charge in [0.25, 0.3) is 0 Å². The van der Waals surface area contributed by atoms with E-state index >= 15 is 0 Å². The van der Waals surface area contributed by atoms with E-state index in [0.29, 0.717) is 15.1 Å². The lowest BCUT2D eigenvalue weighted by Gasteiger charge is -2.35. The van der Waals surface area contributed by atoms with Gasteiger partial charge in [-0.1, -0.05) is 147 Å². The number of hydrogen-bond donors (Lipinski definition) is 3. The average Bonchev–Trinajstić information content (AvgIpc) is 3.10. The number of primary amides is 3. The van der Waals surface area contributed by atoms with Crippen molar-refractivity contribution in [3.8, 4) is 0 Å². The largest absolute Gasteiger partial charge is 0.369 e. The molecule has 0 heterocycles. The van der Waals surface area contributed by atoms with Crippen LogP contribution in [-0.4, -0.2) is 17.7 Å². The van der Waals surface area contributed by atoms with Crippen molar-refractivity contribution in [3.63, 3.8) is 0 Å². The number of halogens is 3. The van der Waals surface area contributed by atoms with Crippen molar-refractivity contribution in [1.82, 2.24) is 0 Å². The molecule has 0 saturated heterocycles. The summed E-state index contributed by atoms with van der Waals surface area (Å²) in [7, 11) is 0. The Balaban J connectivity index is 0.000000163. The summed E-state index contributed by atoms with van der Waals surface area (Å²) in [5, 5.41) is 1.97. The average molecular weight is 713 g/mol. The number of amides is 3. The molecule has 3 aliphatic carbocycles. The van der Waals surface area contributed by atoms with Crippen LogP contribution in [0, 0.1) is 0 Å². The molecule has 0 atom stereocenters. The topological polar surface area (TPSA) is 129 Å². The zero-order chi connectivity index (χ0) is 34.8. The first-order valence-corrected chi connectivity index (χ1v) is 18.3. The Kier molecular flexibility index (Phi) is 13.4. The van der Waals surface area contributed by atoms with Crippen LogP contribution < -0.4 is 17.2 Å². The summed E-state index contributed by atoms with van der Waals surface area (Å²) in [6, 6.07) is 22.7. The number of hydrogen-bond acceptors (Lipinski definition) is 3. The Bertz CT molecular complexity index is 1370. The minimum atomic E-state index is -0.531. The SMILES string of the molecule is NC(=O)C1(c2ccccc2Cl)CCCCC1.NC(=O)C1(c2ccccc2Cl)CCCCC1.NC(=O)C1(c2ccccc2Cl)CCCCC1. The van der Waals surface area contributed by atoms with Crippen LogP contribution in [0.3, 0.4) is 0 Å². The zero-order valence-corrected chi connectivity index (χ0v) is 29.9. The molecule has 3 fully saturated rings. The van der Waals surface area contributed by atoms with Gasteiger partial charge in [-0.05, 0) is 73.4 Å². The van der Waals surface area contributed by atoms with Gasteiger partial charge >= 0.3 is 0 Å². The van der Waals surface area contributed by atoms with Gasteiger partial charge in [0, 0.05) is 15.1 Å². The first-order valence-electron chi connectivity index (χ1n) is 17.1. The van der Waals surface area contributed by atoms with Crippen molar-refractivity contribution >= 4 is 52.5 Å². The molecule has 3 aromatic carbocycles. The maximum absolute atomic E-state index is 11.8. The van der Waals surface area contributed by atoms with Crippen LogP contribution in [-0.2, 0) is 30.6 Å². The molecule has 3 aromatic rings. The van der Waals surface area contributed by atoms with Gasteiger partial charge < -0.3 is 17.2 Å². The standard InChI is InChI=1S/3C13H16ClNO/c3*14-11-7-3-2-6-10(11)13(12(15)16)8-4-1-5-9-13/h3*2-3,6-7H,1,4-5,8-9H2,(H2,15,16). The Morgan fingerprint density at radius 3 is 0.792 bits per heavy atom. The minimum absolute atomic E-state index is 0.236. The fourth-order valence-corrected chi connectivity index (χ4v) is 8.91. The van der Waals surface area contributed by atoms with Gasteiger partial charge in [-0.15, -0.1) is 0 Å². The minimum Gasteiger partial charge on any atom is -0.369 e. The van der Waals surface area contributed by atoms with Crippen LogP contribution in [0.1, 0.15) is 113 Å². The zero-order valence-electron chi connectivity index (χ0n) is 27.6. The lowest BCUT2D eigenvalue weighted by Crippen LogP contribution is -2.43. The van der Waals surface area contributed by atoms with Gasteiger partial charge in [0.1, 0.15) is 0 Å². The maximum Gasteiger partial charge on any atom is 0.228 e. The van der Waals surface area contributed by atoms with Crippen molar-refractivity contribution in [2.24, 2.45) is 17.2 Å². The van der Waals surface area contributed by atoms with Gasteiger partial charge in [0.15, 0.2) is 0 Å². The summed E-state index contributed by atoms with van der Waals surface area (Å²) in [5.74, 6) is -0.707. The second-order valence-corrected chi connectivity index (χ2v) is 14.7. The third-order valence-electron chi connectivity index (χ3n) is 10.7. The van der Waals surface area contributed by atoms with E-state index < -0.39 is 16.2 Å². The molecule has 0 bridgehead atoms. The fourth-order valence-electron chi connectivity index (χ4n) is 7.96. The number of benzene rings is 3. The Labute approximate surface area is 300 Å². The fraction of sp³-hybridized carbons (Fsp3) is 0.462. The van der Waals surface area contributed by atoms with Crippen LogP contribution in [0.5, 0.6) is 0 Å². The van der Waals surface area contributed by atoms with E-state index in [4.69, 9.17) is 52.0 Å². The molecule has 6 rings (SSSR count). The summed E-state index contributed by atoms with van der Waals surface area (Å²) < 4.78 is 0. The predicted molar refractivity (Wildman–Crippen MR) is 196 cm³/mol. The van der Waals surface area contributed by atoms with Crippen LogP contribution in [0.4, 0.5) is 0 Å². The molecular weight excluding hydrogens is 665 g/mol. The first-order chi connectivity index (χ1) is 23.0. The molecular formula is C39H48Cl3N3O3. The molecule has 3 aliphatic rings. The summed E-state index contributed by atoms with van der Waals surface area (Å²) in [4.78, 5) is 35.4. The highest BCUT2D eigenvalue weighted by atomic mass is 35.5. The molecule has 9 heteroatoms. The number of rotatable bonds is 6. The van der Waals surface area contributed by atoms with Gasteiger partial charge in [-0.2, -0.15) is 0 Å².